The van der Waals surface area contributed by atoms with E-state index in [1.165, 1.54) is 0 Å². The SMILES string of the molecule is CC1(C)C(=O)OC2N(S(=O)(=O)C(F)(F)F)C=CC1N2S(=O)(=O)C(F)(F)F. The first-order valence-corrected chi connectivity index (χ1v) is 9.34. The maximum absolute atomic E-state index is 12.9. The van der Waals surface area contributed by atoms with Gasteiger partial charge in [0, 0.05) is 6.20 Å². The number of fused-ring (bicyclic) bond motifs is 2. The average Bonchev–Trinajstić information content (AvgIpc) is 2.42. The molecule has 0 saturated carbocycles. The van der Waals surface area contributed by atoms with E-state index < -0.39 is 63.5 Å². The van der Waals surface area contributed by atoms with Crippen molar-refractivity contribution in [1.82, 2.24) is 8.61 Å². The summed E-state index contributed by atoms with van der Waals surface area (Å²) in [5.74, 6) is -1.38. The van der Waals surface area contributed by atoms with E-state index in [9.17, 15) is 48.0 Å². The molecule has 0 spiro atoms. The first-order chi connectivity index (χ1) is 11.4. The van der Waals surface area contributed by atoms with Crippen molar-refractivity contribution in [2.75, 3.05) is 0 Å². The maximum atomic E-state index is 12.9. The Morgan fingerprint density at radius 2 is 1.46 bits per heavy atom. The van der Waals surface area contributed by atoms with Gasteiger partial charge >= 0.3 is 37.0 Å². The van der Waals surface area contributed by atoms with Gasteiger partial charge in [-0.15, -0.1) is 4.31 Å². The highest BCUT2D eigenvalue weighted by Gasteiger charge is 2.66. The molecule has 0 aromatic carbocycles. The molecule has 0 N–H and O–H groups in total. The largest absolute Gasteiger partial charge is 0.516 e. The molecule has 2 rings (SSSR count). The highest BCUT2D eigenvalue weighted by atomic mass is 32.2. The number of nitrogens with zero attached hydrogens (tertiary/aromatic N) is 2. The number of hydrogen-bond acceptors (Lipinski definition) is 6. The molecule has 0 aromatic rings. The number of carbonyl (C=O) groups is 1. The van der Waals surface area contributed by atoms with Crippen molar-refractivity contribution in [2.24, 2.45) is 5.41 Å². The smallest absolute Gasteiger partial charge is 0.425 e. The third kappa shape index (κ3) is 2.74. The Balaban J connectivity index is 2.74. The number of esters is 1. The van der Waals surface area contributed by atoms with Crippen molar-refractivity contribution in [1.29, 1.82) is 0 Å². The molecule has 150 valence electrons. The Morgan fingerprint density at radius 1 is 1.00 bits per heavy atom. The fourth-order valence-corrected chi connectivity index (χ4v) is 4.48. The van der Waals surface area contributed by atoms with Crippen LogP contribution < -0.4 is 0 Å². The molecular formula is C10H10F6N2O6S2. The predicted octanol–water partition coefficient (Wildman–Crippen LogP) is 1.05. The number of hydrogen-bond donors (Lipinski definition) is 0. The summed E-state index contributed by atoms with van der Waals surface area (Å²) in [6.07, 6.45) is -2.35. The van der Waals surface area contributed by atoms with Crippen molar-refractivity contribution in [3.8, 4) is 0 Å². The molecule has 0 radical (unpaired) electrons. The molecule has 2 aliphatic heterocycles. The van der Waals surface area contributed by atoms with E-state index in [-0.39, 0.29) is 6.20 Å². The van der Waals surface area contributed by atoms with Crippen molar-refractivity contribution in [3.05, 3.63) is 12.3 Å². The fourth-order valence-electron chi connectivity index (χ4n) is 2.31. The molecule has 16 heteroatoms. The normalized spacial score (nSPS) is 27.4. The molecule has 0 amide bonds. The van der Waals surface area contributed by atoms with Crippen molar-refractivity contribution in [2.45, 2.75) is 37.3 Å². The molecule has 0 aliphatic carbocycles. The van der Waals surface area contributed by atoms with Crippen LogP contribution in [-0.4, -0.2) is 54.8 Å². The molecule has 2 aliphatic rings. The molecule has 8 nitrogen and oxygen atoms in total. The Bertz CT molecular complexity index is 859. The van der Waals surface area contributed by atoms with Crippen LogP contribution in [0.3, 0.4) is 0 Å². The Labute approximate surface area is 143 Å². The molecular weight excluding hydrogens is 422 g/mol. The van der Waals surface area contributed by atoms with E-state index in [4.69, 9.17) is 0 Å². The van der Waals surface area contributed by atoms with Crippen LogP contribution in [0.25, 0.3) is 0 Å². The first kappa shape index (κ1) is 20.8. The van der Waals surface area contributed by atoms with E-state index in [0.29, 0.717) is 6.08 Å². The van der Waals surface area contributed by atoms with Crippen LogP contribution in [0, 0.1) is 5.41 Å². The number of halogens is 6. The third-order valence-corrected chi connectivity index (χ3v) is 6.73. The summed E-state index contributed by atoms with van der Waals surface area (Å²) in [5, 5.41) is 0. The molecule has 2 atom stereocenters. The van der Waals surface area contributed by atoms with Crippen LogP contribution in [0.4, 0.5) is 26.3 Å². The Kier molecular flexibility index (Phi) is 4.37. The van der Waals surface area contributed by atoms with Gasteiger partial charge in [-0.2, -0.15) is 34.8 Å². The topological polar surface area (TPSA) is 101 Å². The molecule has 1 saturated heterocycles. The van der Waals surface area contributed by atoms with E-state index in [2.05, 4.69) is 4.74 Å². The van der Waals surface area contributed by atoms with Crippen molar-refractivity contribution >= 4 is 26.0 Å². The monoisotopic (exact) mass is 432 g/mol. The van der Waals surface area contributed by atoms with Gasteiger partial charge in [0.1, 0.15) is 0 Å². The maximum Gasteiger partial charge on any atom is 0.516 e. The number of carbonyl (C=O) groups excluding carboxylic acids is 1. The minimum absolute atomic E-state index is 0.217. The lowest BCUT2D eigenvalue weighted by molar-refractivity contribution is -0.200. The van der Waals surface area contributed by atoms with Crippen LogP contribution in [-0.2, 0) is 29.6 Å². The molecule has 2 unspecified atom stereocenters. The van der Waals surface area contributed by atoms with Gasteiger partial charge in [-0.25, -0.2) is 12.7 Å². The summed E-state index contributed by atoms with van der Waals surface area (Å²) in [7, 11) is -12.7. The Morgan fingerprint density at radius 3 is 1.88 bits per heavy atom. The van der Waals surface area contributed by atoms with Gasteiger partial charge in [0.25, 0.3) is 6.35 Å². The average molecular weight is 432 g/mol. The molecule has 1 fully saturated rings. The van der Waals surface area contributed by atoms with Crippen LogP contribution >= 0.6 is 0 Å². The van der Waals surface area contributed by atoms with Gasteiger partial charge in [-0.1, -0.05) is 0 Å². The summed E-state index contributed by atoms with van der Waals surface area (Å²) < 4.78 is 127. The number of ether oxygens (including phenoxy) is 1. The standard InChI is InChI=1S/C10H10F6N2O6S2/c1-8(2)5-3-4-17(25(20,21)9(11,12)13)7(24-6(8)19)18(5)26(22,23)10(14,15)16/h3-5,7H,1-2H3. The first-order valence-electron chi connectivity index (χ1n) is 6.46. The second-order valence-electron chi connectivity index (χ2n) is 5.80. The molecule has 2 bridgehead atoms. The lowest BCUT2D eigenvalue weighted by atomic mass is 9.83. The second-order valence-corrected chi connectivity index (χ2v) is 9.47. The van der Waals surface area contributed by atoms with Gasteiger partial charge in [0.05, 0.1) is 11.5 Å². The zero-order valence-electron chi connectivity index (χ0n) is 12.7. The van der Waals surface area contributed by atoms with Gasteiger partial charge in [0.2, 0.25) is 0 Å². The van der Waals surface area contributed by atoms with Crippen LogP contribution in [0.5, 0.6) is 0 Å². The molecule has 2 heterocycles. The number of alkyl halides is 6. The van der Waals surface area contributed by atoms with Crippen molar-refractivity contribution in [3.63, 3.8) is 0 Å². The van der Waals surface area contributed by atoms with Gasteiger partial charge in [0.15, 0.2) is 0 Å². The highest BCUT2D eigenvalue weighted by Crippen LogP contribution is 2.45. The van der Waals surface area contributed by atoms with Crippen LogP contribution in [0.1, 0.15) is 13.8 Å². The summed E-state index contributed by atoms with van der Waals surface area (Å²) in [4.78, 5) is 11.9. The molecule has 26 heavy (non-hydrogen) atoms. The number of sulfonamides is 2. The number of rotatable bonds is 2. The van der Waals surface area contributed by atoms with E-state index in [1.807, 2.05) is 0 Å². The van der Waals surface area contributed by atoms with Crippen LogP contribution in [0.2, 0.25) is 0 Å². The quantitative estimate of drug-likeness (QED) is 0.478. The van der Waals surface area contributed by atoms with Gasteiger partial charge in [-0.3, -0.25) is 4.79 Å². The van der Waals surface area contributed by atoms with Gasteiger partial charge < -0.3 is 4.74 Å². The van der Waals surface area contributed by atoms with Gasteiger partial charge in [-0.05, 0) is 19.9 Å². The predicted molar refractivity (Wildman–Crippen MR) is 70.2 cm³/mol. The summed E-state index contributed by atoms with van der Waals surface area (Å²) in [6.45, 7) is 1.99. The fraction of sp³-hybridized carbons (Fsp3) is 0.700. The van der Waals surface area contributed by atoms with E-state index in [1.54, 1.807) is 0 Å². The van der Waals surface area contributed by atoms with E-state index in [0.717, 1.165) is 13.8 Å². The lowest BCUT2D eigenvalue weighted by Crippen LogP contribution is -2.69. The van der Waals surface area contributed by atoms with Crippen LogP contribution in [0.15, 0.2) is 12.3 Å². The summed E-state index contributed by atoms with van der Waals surface area (Å²) in [6, 6.07) is -1.93. The lowest BCUT2D eigenvalue weighted by Gasteiger charge is -2.50. The highest BCUT2D eigenvalue weighted by molar-refractivity contribution is 7.90. The second kappa shape index (κ2) is 5.48. The Hall–Kier alpha value is -1.55. The summed E-state index contributed by atoms with van der Waals surface area (Å²) >= 11 is 0. The van der Waals surface area contributed by atoms with E-state index >= 15 is 0 Å². The minimum Gasteiger partial charge on any atom is -0.425 e. The zero-order chi connectivity index (χ0) is 20.5. The minimum atomic E-state index is -6.36. The summed E-state index contributed by atoms with van der Waals surface area (Å²) in [5.41, 5.74) is -13.9. The van der Waals surface area contributed by atoms with Crippen molar-refractivity contribution < 1.29 is 52.7 Å². The third-order valence-electron chi connectivity index (χ3n) is 3.74. The molecule has 0 aromatic heterocycles. The zero-order valence-corrected chi connectivity index (χ0v) is 14.4.